The molecule has 0 aliphatic rings. The minimum atomic E-state index is -4.67. The van der Waals surface area contributed by atoms with Gasteiger partial charge in [-0.25, -0.2) is 14.8 Å². The Bertz CT molecular complexity index is 987. The average molecular weight is 468 g/mol. The van der Waals surface area contributed by atoms with Crippen molar-refractivity contribution in [2.45, 2.75) is 72.1 Å². The van der Waals surface area contributed by atoms with Crippen LogP contribution in [0.4, 0.5) is 18.0 Å². The number of ether oxygens (including phenoxy) is 1. The quantitative estimate of drug-likeness (QED) is 0.508. The topological polar surface area (TPSA) is 75.5 Å². The van der Waals surface area contributed by atoms with E-state index in [4.69, 9.17) is 4.74 Å². The van der Waals surface area contributed by atoms with E-state index < -0.39 is 28.9 Å². The third-order valence-corrected chi connectivity index (χ3v) is 5.17. The summed E-state index contributed by atoms with van der Waals surface area (Å²) in [7, 11) is 0. The van der Waals surface area contributed by atoms with E-state index in [1.165, 1.54) is 23.4 Å². The van der Waals surface area contributed by atoms with Crippen molar-refractivity contribution >= 4 is 6.09 Å². The molecule has 2 rings (SSSR count). The van der Waals surface area contributed by atoms with Crippen LogP contribution in [0.1, 0.15) is 59.2 Å². The Morgan fingerprint density at radius 3 is 2.24 bits per heavy atom. The molecule has 0 aliphatic heterocycles. The zero-order valence-corrected chi connectivity index (χ0v) is 20.1. The maximum atomic E-state index is 13.9. The Balaban J connectivity index is 2.47. The van der Waals surface area contributed by atoms with Crippen molar-refractivity contribution in [1.82, 2.24) is 14.9 Å². The monoisotopic (exact) mass is 467 g/mol. The third-order valence-electron chi connectivity index (χ3n) is 5.17. The number of carbonyl (C=O) groups is 1. The van der Waals surface area contributed by atoms with Gasteiger partial charge in [-0.1, -0.05) is 13.8 Å². The van der Waals surface area contributed by atoms with E-state index in [9.17, 15) is 23.1 Å². The Morgan fingerprint density at radius 2 is 1.76 bits per heavy atom. The predicted octanol–water partition coefficient (Wildman–Crippen LogP) is 6.43. The predicted molar refractivity (Wildman–Crippen MR) is 120 cm³/mol. The van der Waals surface area contributed by atoms with E-state index in [-0.39, 0.29) is 23.8 Å². The van der Waals surface area contributed by atoms with Crippen LogP contribution in [0.25, 0.3) is 11.3 Å². The molecule has 33 heavy (non-hydrogen) atoms. The summed E-state index contributed by atoms with van der Waals surface area (Å²) in [5, 5.41) is 9.90. The normalized spacial score (nSPS) is 14.2. The first-order valence-electron chi connectivity index (χ1n) is 10.7. The first kappa shape index (κ1) is 26.4. The van der Waals surface area contributed by atoms with Gasteiger partial charge in [0, 0.05) is 16.8 Å². The number of aryl methyl sites for hydroxylation is 1. The fraction of sp³-hybridized carbons (Fsp3) is 0.542. The molecule has 1 aromatic carbocycles. The van der Waals surface area contributed by atoms with Crippen LogP contribution in [0.3, 0.4) is 0 Å². The maximum Gasteiger partial charge on any atom is 0.419 e. The van der Waals surface area contributed by atoms with Crippen LogP contribution in [0.15, 0.2) is 30.6 Å². The number of rotatable bonds is 7. The Labute approximate surface area is 192 Å². The van der Waals surface area contributed by atoms with E-state index >= 15 is 0 Å². The molecule has 0 radical (unpaired) electrons. The van der Waals surface area contributed by atoms with E-state index in [2.05, 4.69) is 9.97 Å². The number of halogens is 3. The van der Waals surface area contributed by atoms with Gasteiger partial charge in [-0.3, -0.25) is 4.90 Å². The lowest BCUT2D eigenvalue weighted by Crippen LogP contribution is -2.61. The molecule has 0 aliphatic carbocycles. The van der Waals surface area contributed by atoms with Crippen LogP contribution in [0.5, 0.6) is 5.75 Å². The molecule has 0 bridgehead atoms. The van der Waals surface area contributed by atoms with Crippen LogP contribution in [0, 0.1) is 12.8 Å². The molecule has 0 saturated carbocycles. The molecule has 1 amide bonds. The molecule has 1 unspecified atom stereocenters. The van der Waals surface area contributed by atoms with Crippen molar-refractivity contribution in [3.8, 4) is 17.0 Å². The Kier molecular flexibility index (Phi) is 7.66. The fourth-order valence-corrected chi connectivity index (χ4v) is 4.30. The summed E-state index contributed by atoms with van der Waals surface area (Å²) in [6.07, 6.45) is -4.11. The minimum absolute atomic E-state index is 0.0910. The summed E-state index contributed by atoms with van der Waals surface area (Å²) in [5.74, 6) is -0.264. The van der Waals surface area contributed by atoms with Crippen LogP contribution in [0.2, 0.25) is 0 Å². The van der Waals surface area contributed by atoms with Gasteiger partial charge in [0.1, 0.15) is 18.7 Å². The molecule has 0 spiro atoms. The van der Waals surface area contributed by atoms with Gasteiger partial charge in [-0.2, -0.15) is 13.2 Å². The van der Waals surface area contributed by atoms with Gasteiger partial charge < -0.3 is 9.84 Å². The van der Waals surface area contributed by atoms with Gasteiger partial charge in [-0.05, 0) is 71.2 Å². The van der Waals surface area contributed by atoms with Crippen LogP contribution >= 0.6 is 0 Å². The van der Waals surface area contributed by atoms with E-state index in [1.807, 2.05) is 13.8 Å². The van der Waals surface area contributed by atoms with Gasteiger partial charge in [0.2, 0.25) is 0 Å². The molecule has 0 saturated heterocycles. The number of nitrogens with zero attached hydrogens (tertiary/aromatic N) is 3. The highest BCUT2D eigenvalue weighted by Gasteiger charge is 2.44. The number of aromatic nitrogens is 2. The summed E-state index contributed by atoms with van der Waals surface area (Å²) in [6, 6.07) is 5.36. The van der Waals surface area contributed by atoms with Crippen molar-refractivity contribution in [2.24, 2.45) is 5.92 Å². The first-order chi connectivity index (χ1) is 15.0. The molecule has 1 heterocycles. The van der Waals surface area contributed by atoms with E-state index in [0.29, 0.717) is 17.8 Å². The number of hydrogen-bond donors (Lipinski definition) is 1. The average Bonchev–Trinajstić information content (AvgIpc) is 2.63. The Hall–Kier alpha value is -2.84. The molecule has 9 heteroatoms. The van der Waals surface area contributed by atoms with Gasteiger partial charge >= 0.3 is 12.3 Å². The van der Waals surface area contributed by atoms with E-state index in [1.54, 1.807) is 40.7 Å². The van der Waals surface area contributed by atoms with Gasteiger partial charge in [0.15, 0.2) is 0 Å². The molecule has 1 aromatic heterocycles. The highest BCUT2D eigenvalue weighted by Crippen LogP contribution is 2.40. The van der Waals surface area contributed by atoms with E-state index in [0.717, 1.165) is 6.07 Å². The highest BCUT2D eigenvalue weighted by molar-refractivity contribution is 5.67. The smallest absolute Gasteiger partial charge is 0.419 e. The van der Waals surface area contributed by atoms with Crippen LogP contribution < -0.4 is 4.74 Å². The summed E-state index contributed by atoms with van der Waals surface area (Å²) < 4.78 is 47.4. The number of benzene rings is 1. The van der Waals surface area contributed by atoms with Crippen molar-refractivity contribution in [2.75, 3.05) is 6.61 Å². The number of hydrogen-bond acceptors (Lipinski definition) is 4. The minimum Gasteiger partial charge on any atom is -0.491 e. The summed E-state index contributed by atoms with van der Waals surface area (Å²) in [5.41, 5.74) is -1.49. The molecule has 2 aromatic rings. The largest absolute Gasteiger partial charge is 0.491 e. The lowest BCUT2D eigenvalue weighted by molar-refractivity contribution is -0.139. The molecule has 1 atom stereocenters. The lowest BCUT2D eigenvalue weighted by Gasteiger charge is -2.47. The highest BCUT2D eigenvalue weighted by atomic mass is 19.4. The second-order valence-electron chi connectivity index (χ2n) is 9.93. The van der Waals surface area contributed by atoms with Crippen molar-refractivity contribution < 1.29 is 27.8 Å². The molecular formula is C24H32F3N3O3. The summed E-state index contributed by atoms with van der Waals surface area (Å²) >= 11 is 0. The second-order valence-corrected chi connectivity index (χ2v) is 9.93. The number of alkyl halides is 3. The fourth-order valence-electron chi connectivity index (χ4n) is 4.30. The summed E-state index contributed by atoms with van der Waals surface area (Å²) in [4.78, 5) is 21.4. The Morgan fingerprint density at radius 1 is 1.12 bits per heavy atom. The SMILES string of the molecule is Cc1cc(-c2ccc(OCC(C)(CC(C)C)N(C(=O)O)C(C)(C)C)c(C(F)(F)F)c2)ncn1. The first-order valence-corrected chi connectivity index (χ1v) is 10.7. The lowest BCUT2D eigenvalue weighted by atomic mass is 9.86. The molecule has 1 N–H and O–H groups in total. The van der Waals surface area contributed by atoms with Gasteiger partial charge in [-0.15, -0.1) is 0 Å². The molecule has 6 nitrogen and oxygen atoms in total. The van der Waals surface area contributed by atoms with Gasteiger partial charge in [0.05, 0.1) is 16.8 Å². The third kappa shape index (κ3) is 6.58. The molecule has 0 fully saturated rings. The van der Waals surface area contributed by atoms with Crippen molar-refractivity contribution in [3.05, 3.63) is 41.9 Å². The maximum absolute atomic E-state index is 13.9. The van der Waals surface area contributed by atoms with Gasteiger partial charge in [0.25, 0.3) is 0 Å². The zero-order chi connectivity index (χ0) is 25.2. The summed E-state index contributed by atoms with van der Waals surface area (Å²) in [6.45, 7) is 12.3. The standard InChI is InChI=1S/C24H32F3N3O3/c1-15(2)12-23(7,30(21(31)32)22(4,5)6)13-33-20-9-8-17(11-18(20)24(25,26)27)19-10-16(3)28-14-29-19/h8-11,14-15H,12-13H2,1-7H3,(H,31,32). The van der Waals surface area contributed by atoms with Crippen LogP contribution in [-0.4, -0.2) is 43.8 Å². The number of carboxylic acid groups (broad SMARTS) is 1. The zero-order valence-electron chi connectivity index (χ0n) is 20.1. The van der Waals surface area contributed by atoms with Crippen LogP contribution in [-0.2, 0) is 6.18 Å². The second kappa shape index (κ2) is 9.57. The van der Waals surface area contributed by atoms with Crippen molar-refractivity contribution in [3.63, 3.8) is 0 Å². The number of amides is 1. The molecular weight excluding hydrogens is 435 g/mol. The van der Waals surface area contributed by atoms with Crippen molar-refractivity contribution in [1.29, 1.82) is 0 Å². The molecule has 182 valence electrons.